The Morgan fingerprint density at radius 1 is 1.11 bits per heavy atom. The van der Waals surface area contributed by atoms with Crippen molar-refractivity contribution in [3.63, 3.8) is 0 Å². The van der Waals surface area contributed by atoms with E-state index in [9.17, 15) is 14.0 Å². The van der Waals surface area contributed by atoms with E-state index in [0.29, 0.717) is 18.1 Å². The molecule has 1 unspecified atom stereocenters. The summed E-state index contributed by atoms with van der Waals surface area (Å²) in [5, 5.41) is 14.2. The number of carbonyl (C=O) groups excluding carboxylic acids is 2. The molecule has 142 valence electrons. The second-order valence-electron chi connectivity index (χ2n) is 6.44. The van der Waals surface area contributed by atoms with Crippen LogP contribution >= 0.6 is 0 Å². The number of amides is 2. The van der Waals surface area contributed by atoms with Crippen LogP contribution < -0.4 is 10.2 Å². The highest BCUT2D eigenvalue weighted by molar-refractivity contribution is 6.00. The van der Waals surface area contributed by atoms with E-state index in [2.05, 4.69) is 20.8 Å². The number of tetrazole rings is 1. The highest BCUT2D eigenvalue weighted by Gasteiger charge is 2.35. The minimum Gasteiger partial charge on any atom is -0.348 e. The second kappa shape index (κ2) is 7.55. The first-order chi connectivity index (χ1) is 13.6. The van der Waals surface area contributed by atoms with E-state index in [1.807, 2.05) is 30.3 Å². The van der Waals surface area contributed by atoms with Gasteiger partial charge in [-0.05, 0) is 46.8 Å². The predicted molar refractivity (Wildman–Crippen MR) is 97.9 cm³/mol. The number of hydrogen-bond donors (Lipinski definition) is 1. The maximum atomic E-state index is 13.1. The van der Waals surface area contributed by atoms with Crippen molar-refractivity contribution in [2.45, 2.75) is 13.0 Å². The number of rotatable bonds is 5. The molecule has 1 saturated heterocycles. The fraction of sp³-hybridized carbons (Fsp3) is 0.211. The standard InChI is InChI=1S/C19H17FN6O2/c20-14-6-8-16(9-7-14)26-17(22-23-24-26)11-21-19(28)13-10-18(27)25(12-13)15-4-2-1-3-5-15/h1-9,13H,10-12H2,(H,21,28). The van der Waals surface area contributed by atoms with Crippen LogP contribution in [0.15, 0.2) is 54.6 Å². The summed E-state index contributed by atoms with van der Waals surface area (Å²) in [5.74, 6) is -0.712. The third-order valence-electron chi connectivity index (χ3n) is 4.59. The first-order valence-corrected chi connectivity index (χ1v) is 8.78. The fourth-order valence-electron chi connectivity index (χ4n) is 3.15. The molecule has 1 N–H and O–H groups in total. The average Bonchev–Trinajstić information content (AvgIpc) is 3.34. The number of anilines is 1. The lowest BCUT2D eigenvalue weighted by Crippen LogP contribution is -2.33. The number of hydrogen-bond acceptors (Lipinski definition) is 5. The average molecular weight is 380 g/mol. The van der Waals surface area contributed by atoms with Crippen LogP contribution in [0.3, 0.4) is 0 Å². The largest absolute Gasteiger partial charge is 0.348 e. The Bertz CT molecular complexity index is 989. The van der Waals surface area contributed by atoms with E-state index in [4.69, 9.17) is 0 Å². The lowest BCUT2D eigenvalue weighted by atomic mass is 10.1. The van der Waals surface area contributed by atoms with E-state index in [1.54, 1.807) is 17.0 Å². The van der Waals surface area contributed by atoms with Gasteiger partial charge in [-0.3, -0.25) is 9.59 Å². The Morgan fingerprint density at radius 2 is 1.86 bits per heavy atom. The molecular formula is C19H17FN6O2. The molecule has 0 aliphatic carbocycles. The molecule has 0 radical (unpaired) electrons. The zero-order chi connectivity index (χ0) is 19.5. The van der Waals surface area contributed by atoms with Gasteiger partial charge in [-0.2, -0.15) is 4.68 Å². The van der Waals surface area contributed by atoms with Crippen LogP contribution in [-0.2, 0) is 16.1 Å². The van der Waals surface area contributed by atoms with Gasteiger partial charge in [0.25, 0.3) is 0 Å². The summed E-state index contributed by atoms with van der Waals surface area (Å²) < 4.78 is 14.5. The Kier molecular flexibility index (Phi) is 4.79. The number of halogens is 1. The van der Waals surface area contributed by atoms with Crippen LogP contribution in [0.4, 0.5) is 10.1 Å². The normalized spacial score (nSPS) is 16.4. The van der Waals surface area contributed by atoms with Gasteiger partial charge in [0.05, 0.1) is 18.2 Å². The van der Waals surface area contributed by atoms with E-state index in [1.165, 1.54) is 16.8 Å². The molecule has 2 heterocycles. The molecule has 0 spiro atoms. The number of para-hydroxylation sites is 1. The third kappa shape index (κ3) is 3.59. The molecule has 9 heteroatoms. The van der Waals surface area contributed by atoms with Gasteiger partial charge in [-0.15, -0.1) is 5.10 Å². The van der Waals surface area contributed by atoms with Gasteiger partial charge < -0.3 is 10.2 Å². The summed E-state index contributed by atoms with van der Waals surface area (Å²) in [6.45, 7) is 0.427. The highest BCUT2D eigenvalue weighted by Crippen LogP contribution is 2.24. The molecule has 1 aliphatic heterocycles. The number of nitrogens with one attached hydrogen (secondary N) is 1. The summed E-state index contributed by atoms with van der Waals surface area (Å²) in [4.78, 5) is 26.4. The fourth-order valence-corrected chi connectivity index (χ4v) is 3.15. The molecular weight excluding hydrogens is 363 g/mol. The molecule has 2 amide bonds. The molecule has 1 fully saturated rings. The van der Waals surface area contributed by atoms with Crippen molar-refractivity contribution in [1.29, 1.82) is 0 Å². The Balaban J connectivity index is 1.40. The lowest BCUT2D eigenvalue weighted by molar-refractivity contribution is -0.126. The van der Waals surface area contributed by atoms with Crippen molar-refractivity contribution < 1.29 is 14.0 Å². The Morgan fingerprint density at radius 3 is 2.61 bits per heavy atom. The lowest BCUT2D eigenvalue weighted by Gasteiger charge is -2.16. The predicted octanol–water partition coefficient (Wildman–Crippen LogP) is 1.47. The van der Waals surface area contributed by atoms with Crippen molar-refractivity contribution in [3.05, 3.63) is 66.2 Å². The zero-order valence-corrected chi connectivity index (χ0v) is 14.8. The van der Waals surface area contributed by atoms with Crippen LogP contribution in [0.5, 0.6) is 0 Å². The van der Waals surface area contributed by atoms with Gasteiger partial charge in [0.15, 0.2) is 5.82 Å². The van der Waals surface area contributed by atoms with Crippen LogP contribution in [0.2, 0.25) is 0 Å². The number of benzene rings is 2. The van der Waals surface area contributed by atoms with Crippen LogP contribution in [-0.4, -0.2) is 38.6 Å². The smallest absolute Gasteiger partial charge is 0.227 e. The summed E-state index contributed by atoms with van der Waals surface area (Å²) in [6.07, 6.45) is 0.156. The van der Waals surface area contributed by atoms with E-state index in [0.717, 1.165) is 5.69 Å². The monoisotopic (exact) mass is 380 g/mol. The minimum absolute atomic E-state index is 0.0810. The zero-order valence-electron chi connectivity index (χ0n) is 14.8. The van der Waals surface area contributed by atoms with Crippen molar-refractivity contribution in [1.82, 2.24) is 25.5 Å². The SMILES string of the molecule is O=C(NCc1nnnn1-c1ccc(F)cc1)C1CC(=O)N(c2ccccc2)C1. The van der Waals surface area contributed by atoms with Crippen molar-refractivity contribution in [2.75, 3.05) is 11.4 Å². The highest BCUT2D eigenvalue weighted by atomic mass is 19.1. The molecule has 8 nitrogen and oxygen atoms in total. The van der Waals surface area contributed by atoms with Gasteiger partial charge >= 0.3 is 0 Å². The Hall–Kier alpha value is -3.62. The van der Waals surface area contributed by atoms with Gasteiger partial charge in [-0.1, -0.05) is 18.2 Å². The third-order valence-corrected chi connectivity index (χ3v) is 4.59. The molecule has 0 bridgehead atoms. The summed E-state index contributed by atoms with van der Waals surface area (Å²) in [7, 11) is 0. The van der Waals surface area contributed by atoms with E-state index < -0.39 is 5.92 Å². The van der Waals surface area contributed by atoms with Gasteiger partial charge in [0, 0.05) is 18.7 Å². The maximum Gasteiger partial charge on any atom is 0.227 e. The second-order valence-corrected chi connectivity index (χ2v) is 6.44. The molecule has 0 saturated carbocycles. The van der Waals surface area contributed by atoms with E-state index >= 15 is 0 Å². The first-order valence-electron chi connectivity index (χ1n) is 8.78. The number of carbonyl (C=O) groups is 2. The summed E-state index contributed by atoms with van der Waals surface area (Å²) in [6, 6.07) is 15.0. The maximum absolute atomic E-state index is 13.1. The van der Waals surface area contributed by atoms with Gasteiger partial charge in [-0.25, -0.2) is 4.39 Å². The van der Waals surface area contributed by atoms with Crippen LogP contribution in [0.1, 0.15) is 12.2 Å². The quantitative estimate of drug-likeness (QED) is 0.724. The molecule has 28 heavy (non-hydrogen) atoms. The summed E-state index contributed by atoms with van der Waals surface area (Å²) >= 11 is 0. The molecule has 1 aromatic heterocycles. The van der Waals surface area contributed by atoms with Crippen molar-refractivity contribution in [2.24, 2.45) is 5.92 Å². The minimum atomic E-state index is -0.442. The van der Waals surface area contributed by atoms with Crippen molar-refractivity contribution >= 4 is 17.5 Å². The molecule has 1 aliphatic rings. The molecule has 4 rings (SSSR count). The first kappa shape index (κ1) is 17.8. The number of aromatic nitrogens is 4. The van der Waals surface area contributed by atoms with Gasteiger partial charge in [0.2, 0.25) is 11.8 Å². The Labute approximate surface area is 160 Å². The van der Waals surface area contributed by atoms with E-state index in [-0.39, 0.29) is 30.6 Å². The van der Waals surface area contributed by atoms with Crippen LogP contribution in [0, 0.1) is 11.7 Å². The van der Waals surface area contributed by atoms with Crippen LogP contribution in [0.25, 0.3) is 5.69 Å². The van der Waals surface area contributed by atoms with Crippen molar-refractivity contribution in [3.8, 4) is 5.69 Å². The molecule has 2 aromatic carbocycles. The summed E-state index contributed by atoms with van der Waals surface area (Å²) in [5.41, 5.74) is 1.37. The molecule has 3 aromatic rings. The topological polar surface area (TPSA) is 93.0 Å². The molecule has 1 atom stereocenters. The van der Waals surface area contributed by atoms with Gasteiger partial charge in [0.1, 0.15) is 5.82 Å². The number of nitrogens with zero attached hydrogens (tertiary/aromatic N) is 5.